The average Bonchev–Trinajstić information content (AvgIpc) is 2.60. The van der Waals surface area contributed by atoms with Crippen LogP contribution < -0.4 is 15.5 Å². The van der Waals surface area contributed by atoms with Gasteiger partial charge >= 0.3 is 12.0 Å². The molecule has 0 saturated carbocycles. The number of carboxylic acid groups (broad SMARTS) is 1. The first-order chi connectivity index (χ1) is 12.3. The molecular formula is C18H27ClN4O3. The highest BCUT2D eigenvalue weighted by atomic mass is 35.5. The van der Waals surface area contributed by atoms with Gasteiger partial charge in [0.1, 0.15) is 6.04 Å². The molecule has 0 spiro atoms. The Morgan fingerprint density at radius 2 is 1.92 bits per heavy atom. The van der Waals surface area contributed by atoms with E-state index < -0.39 is 18.0 Å². The molecule has 2 rings (SSSR count). The number of carbonyl (C=O) groups is 2. The summed E-state index contributed by atoms with van der Waals surface area (Å²) in [6.07, 6.45) is 0.656. The number of carbonyl (C=O) groups excluding carboxylic acids is 1. The van der Waals surface area contributed by atoms with E-state index in [1.165, 1.54) is 0 Å². The molecule has 0 bridgehead atoms. The van der Waals surface area contributed by atoms with Crippen LogP contribution in [-0.2, 0) is 4.79 Å². The van der Waals surface area contributed by atoms with E-state index in [-0.39, 0.29) is 5.92 Å². The number of halogens is 1. The van der Waals surface area contributed by atoms with Crippen molar-refractivity contribution in [2.75, 3.05) is 43.4 Å². The topological polar surface area (TPSA) is 84.9 Å². The molecule has 2 unspecified atom stereocenters. The summed E-state index contributed by atoms with van der Waals surface area (Å²) in [6, 6.07) is 3.86. The van der Waals surface area contributed by atoms with Crippen molar-refractivity contribution in [3.63, 3.8) is 0 Å². The predicted molar refractivity (Wildman–Crippen MR) is 104 cm³/mol. The molecule has 144 valence electrons. The summed E-state index contributed by atoms with van der Waals surface area (Å²) in [7, 11) is 2.09. The zero-order valence-corrected chi connectivity index (χ0v) is 16.2. The van der Waals surface area contributed by atoms with Gasteiger partial charge in [-0.1, -0.05) is 31.9 Å². The van der Waals surface area contributed by atoms with Crippen molar-refractivity contribution in [3.8, 4) is 0 Å². The maximum absolute atomic E-state index is 12.1. The molecule has 0 aromatic heterocycles. The van der Waals surface area contributed by atoms with Crippen LogP contribution in [0.2, 0.25) is 5.02 Å². The van der Waals surface area contributed by atoms with Crippen LogP contribution in [-0.4, -0.2) is 61.3 Å². The Morgan fingerprint density at radius 3 is 2.46 bits per heavy atom. The molecule has 8 heteroatoms. The molecule has 1 aromatic carbocycles. The Balaban J connectivity index is 2.00. The summed E-state index contributed by atoms with van der Waals surface area (Å²) < 4.78 is 0. The van der Waals surface area contributed by atoms with Gasteiger partial charge in [-0.25, -0.2) is 9.59 Å². The number of likely N-dealkylation sites (N-methyl/N-ethyl adjacent to an activating group) is 1. The third kappa shape index (κ3) is 5.25. The molecule has 1 heterocycles. The summed E-state index contributed by atoms with van der Waals surface area (Å²) in [5.41, 5.74) is 1.47. The van der Waals surface area contributed by atoms with E-state index in [9.17, 15) is 14.7 Å². The van der Waals surface area contributed by atoms with Gasteiger partial charge in [0.2, 0.25) is 0 Å². The first-order valence-corrected chi connectivity index (χ1v) is 9.23. The van der Waals surface area contributed by atoms with Gasteiger partial charge in [-0.05, 0) is 31.2 Å². The number of amides is 2. The summed E-state index contributed by atoms with van der Waals surface area (Å²) in [5, 5.41) is 15.0. The lowest BCUT2D eigenvalue weighted by Gasteiger charge is -2.34. The molecule has 1 aliphatic heterocycles. The number of benzene rings is 1. The van der Waals surface area contributed by atoms with E-state index in [1.807, 2.05) is 13.0 Å². The summed E-state index contributed by atoms with van der Waals surface area (Å²) in [5.74, 6) is -1.21. The van der Waals surface area contributed by atoms with E-state index in [4.69, 9.17) is 11.6 Å². The molecule has 7 nitrogen and oxygen atoms in total. The number of hydrogen-bond donors (Lipinski definition) is 3. The smallest absolute Gasteiger partial charge is 0.326 e. The largest absolute Gasteiger partial charge is 0.480 e. The first-order valence-electron chi connectivity index (χ1n) is 8.85. The minimum Gasteiger partial charge on any atom is -0.480 e. The van der Waals surface area contributed by atoms with Gasteiger partial charge < -0.3 is 25.5 Å². The van der Waals surface area contributed by atoms with Crippen molar-refractivity contribution in [2.45, 2.75) is 26.3 Å². The van der Waals surface area contributed by atoms with E-state index in [1.54, 1.807) is 19.1 Å². The minimum absolute atomic E-state index is 0.165. The quantitative estimate of drug-likeness (QED) is 0.704. The molecule has 0 aliphatic carbocycles. The van der Waals surface area contributed by atoms with Crippen LogP contribution in [0.1, 0.15) is 20.3 Å². The van der Waals surface area contributed by atoms with E-state index in [2.05, 4.69) is 27.5 Å². The van der Waals surface area contributed by atoms with Crippen molar-refractivity contribution in [1.29, 1.82) is 0 Å². The lowest BCUT2D eigenvalue weighted by Crippen LogP contribution is -2.46. The van der Waals surface area contributed by atoms with Crippen LogP contribution in [0.3, 0.4) is 0 Å². The third-order valence-corrected chi connectivity index (χ3v) is 5.12. The fraction of sp³-hybridized carbons (Fsp3) is 0.556. The summed E-state index contributed by atoms with van der Waals surface area (Å²) >= 11 is 6.39. The van der Waals surface area contributed by atoms with E-state index >= 15 is 0 Å². The normalized spacial score (nSPS) is 17.5. The van der Waals surface area contributed by atoms with Gasteiger partial charge in [-0.15, -0.1) is 0 Å². The van der Waals surface area contributed by atoms with Crippen LogP contribution in [0.5, 0.6) is 0 Å². The van der Waals surface area contributed by atoms with Crippen LogP contribution >= 0.6 is 11.6 Å². The number of anilines is 2. The van der Waals surface area contributed by atoms with Gasteiger partial charge in [-0.2, -0.15) is 0 Å². The second-order valence-corrected chi connectivity index (χ2v) is 7.16. The SMILES string of the molecule is CCC(C)C(NC(=O)Nc1ccc(N2CCN(C)CC2)c(Cl)c1)C(=O)O. The zero-order chi connectivity index (χ0) is 19.3. The molecule has 1 saturated heterocycles. The van der Waals surface area contributed by atoms with E-state index in [0.29, 0.717) is 17.1 Å². The fourth-order valence-corrected chi connectivity index (χ4v) is 3.18. The maximum Gasteiger partial charge on any atom is 0.326 e. The maximum atomic E-state index is 12.1. The molecule has 2 atom stereocenters. The monoisotopic (exact) mass is 382 g/mol. The highest BCUT2D eigenvalue weighted by Gasteiger charge is 2.25. The molecule has 1 aromatic rings. The number of carboxylic acids is 1. The molecule has 26 heavy (non-hydrogen) atoms. The number of piperazine rings is 1. The van der Waals surface area contributed by atoms with Crippen molar-refractivity contribution >= 4 is 35.0 Å². The van der Waals surface area contributed by atoms with Gasteiger partial charge in [0, 0.05) is 31.9 Å². The Bertz CT molecular complexity index is 647. The van der Waals surface area contributed by atoms with Crippen molar-refractivity contribution in [3.05, 3.63) is 23.2 Å². The molecule has 1 fully saturated rings. The summed E-state index contributed by atoms with van der Waals surface area (Å²) in [4.78, 5) is 27.9. The first kappa shape index (κ1) is 20.3. The Labute approximate surface area is 159 Å². The van der Waals surface area contributed by atoms with Crippen LogP contribution in [0, 0.1) is 5.92 Å². The van der Waals surface area contributed by atoms with Crippen LogP contribution in [0.4, 0.5) is 16.2 Å². The number of nitrogens with zero attached hydrogens (tertiary/aromatic N) is 2. The van der Waals surface area contributed by atoms with Crippen LogP contribution in [0.15, 0.2) is 18.2 Å². The van der Waals surface area contributed by atoms with Gasteiger partial charge in [0.25, 0.3) is 0 Å². The fourth-order valence-electron chi connectivity index (χ4n) is 2.88. The molecule has 0 radical (unpaired) electrons. The zero-order valence-electron chi connectivity index (χ0n) is 15.5. The predicted octanol–water partition coefficient (Wildman–Crippen LogP) is 2.71. The minimum atomic E-state index is -1.04. The Kier molecular flexibility index (Phi) is 7.11. The number of rotatable bonds is 6. The molecule has 1 aliphatic rings. The van der Waals surface area contributed by atoms with Gasteiger partial charge in [0.15, 0.2) is 0 Å². The highest BCUT2D eigenvalue weighted by Crippen LogP contribution is 2.29. The lowest BCUT2D eigenvalue weighted by molar-refractivity contribution is -0.140. The van der Waals surface area contributed by atoms with Crippen molar-refractivity contribution < 1.29 is 14.7 Å². The Hall–Kier alpha value is -1.99. The molecule has 2 amide bonds. The van der Waals surface area contributed by atoms with Crippen molar-refractivity contribution in [1.82, 2.24) is 10.2 Å². The molecular weight excluding hydrogens is 356 g/mol. The third-order valence-electron chi connectivity index (χ3n) is 4.82. The second-order valence-electron chi connectivity index (χ2n) is 6.76. The highest BCUT2D eigenvalue weighted by molar-refractivity contribution is 6.33. The Morgan fingerprint density at radius 1 is 1.27 bits per heavy atom. The second kappa shape index (κ2) is 9.09. The van der Waals surface area contributed by atoms with Gasteiger partial charge in [-0.3, -0.25) is 0 Å². The summed E-state index contributed by atoms with van der Waals surface area (Å²) in [6.45, 7) is 7.44. The van der Waals surface area contributed by atoms with Crippen LogP contribution in [0.25, 0.3) is 0 Å². The average molecular weight is 383 g/mol. The number of nitrogens with one attached hydrogen (secondary N) is 2. The lowest BCUT2D eigenvalue weighted by atomic mass is 9.99. The molecule has 3 N–H and O–H groups in total. The number of hydrogen-bond acceptors (Lipinski definition) is 4. The van der Waals surface area contributed by atoms with Gasteiger partial charge in [0.05, 0.1) is 10.7 Å². The number of urea groups is 1. The van der Waals surface area contributed by atoms with Crippen molar-refractivity contribution in [2.24, 2.45) is 5.92 Å². The number of aliphatic carboxylic acids is 1. The standard InChI is InChI=1S/C18H27ClN4O3/c1-4-12(2)16(17(24)25)21-18(26)20-13-5-6-15(14(19)11-13)23-9-7-22(3)8-10-23/h5-6,11-12,16H,4,7-10H2,1-3H3,(H,24,25)(H2,20,21,26). The van der Waals surface area contributed by atoms with E-state index in [0.717, 1.165) is 31.9 Å².